The van der Waals surface area contributed by atoms with Gasteiger partial charge in [0.15, 0.2) is 0 Å². The Hall–Kier alpha value is -2.70. The van der Waals surface area contributed by atoms with Gasteiger partial charge < -0.3 is 15.6 Å². The van der Waals surface area contributed by atoms with Crippen molar-refractivity contribution in [2.75, 3.05) is 0 Å². The van der Waals surface area contributed by atoms with Gasteiger partial charge in [0.05, 0.1) is 6.10 Å². The monoisotopic (exact) mass is 328 g/mol. The Labute approximate surface area is 140 Å². The third kappa shape index (κ3) is 4.65. The Balaban J connectivity index is 2.01. The highest BCUT2D eigenvalue weighted by Crippen LogP contribution is 2.20. The zero-order valence-electron chi connectivity index (χ0n) is 13.3. The van der Waals surface area contributed by atoms with Gasteiger partial charge in [-0.1, -0.05) is 48.5 Å². The van der Waals surface area contributed by atoms with Gasteiger partial charge in [-0.25, -0.2) is 4.79 Å². The first-order valence-electron chi connectivity index (χ1n) is 7.53. The summed E-state index contributed by atoms with van der Waals surface area (Å²) in [5.41, 5.74) is 7.03. The molecule has 2 aromatic carbocycles. The Morgan fingerprint density at radius 3 is 2.42 bits per heavy atom. The van der Waals surface area contributed by atoms with Gasteiger partial charge >= 0.3 is 6.09 Å². The van der Waals surface area contributed by atoms with E-state index in [0.717, 1.165) is 5.56 Å². The van der Waals surface area contributed by atoms with Crippen molar-refractivity contribution in [1.29, 1.82) is 0 Å². The predicted octanol–water partition coefficient (Wildman–Crippen LogP) is 2.13. The summed E-state index contributed by atoms with van der Waals surface area (Å²) in [4.78, 5) is 24.0. The first kappa shape index (κ1) is 17.7. The van der Waals surface area contributed by atoms with Crippen molar-refractivity contribution in [3.05, 3.63) is 71.3 Å². The van der Waals surface area contributed by atoms with Crippen LogP contribution in [0.1, 0.15) is 34.5 Å². The van der Waals surface area contributed by atoms with E-state index >= 15 is 0 Å². The average Bonchev–Trinajstić information content (AvgIpc) is 2.60. The Kier molecular flexibility index (Phi) is 6.06. The smallest absolute Gasteiger partial charge is 0.414 e. The quantitative estimate of drug-likeness (QED) is 0.780. The molecule has 4 N–H and O–H groups in total. The zero-order valence-corrected chi connectivity index (χ0v) is 13.3. The van der Waals surface area contributed by atoms with Crippen LogP contribution in [0.4, 0.5) is 4.79 Å². The van der Waals surface area contributed by atoms with E-state index < -0.39 is 24.1 Å². The predicted molar refractivity (Wildman–Crippen MR) is 89.1 cm³/mol. The van der Waals surface area contributed by atoms with Crippen molar-refractivity contribution in [2.45, 2.75) is 25.7 Å². The van der Waals surface area contributed by atoms with Crippen LogP contribution in [-0.4, -0.2) is 23.1 Å². The van der Waals surface area contributed by atoms with Crippen molar-refractivity contribution in [2.24, 2.45) is 5.73 Å². The van der Waals surface area contributed by atoms with Crippen LogP contribution in [0.15, 0.2) is 54.6 Å². The number of hydrogen-bond acceptors (Lipinski definition) is 5. The molecule has 0 fully saturated rings. The minimum atomic E-state index is -1.01. The molecule has 126 valence electrons. The van der Waals surface area contributed by atoms with Crippen molar-refractivity contribution in [3.63, 3.8) is 0 Å². The van der Waals surface area contributed by atoms with Gasteiger partial charge in [0.25, 0.3) is 5.91 Å². The molecule has 0 aromatic heterocycles. The van der Waals surface area contributed by atoms with Gasteiger partial charge in [-0.3, -0.25) is 10.1 Å². The van der Waals surface area contributed by atoms with E-state index in [4.69, 9.17) is 10.5 Å². The van der Waals surface area contributed by atoms with E-state index in [1.165, 1.54) is 6.07 Å². The molecule has 2 atom stereocenters. The molecule has 0 radical (unpaired) electrons. The molecule has 0 heterocycles. The fourth-order valence-electron chi connectivity index (χ4n) is 2.16. The number of carbonyl (C=O) groups excluding carboxylic acids is 2. The lowest BCUT2D eigenvalue weighted by atomic mass is 9.98. The maximum Gasteiger partial charge on any atom is 0.414 e. The summed E-state index contributed by atoms with van der Waals surface area (Å²) in [5.74, 6) is -0.650. The van der Waals surface area contributed by atoms with E-state index in [0.29, 0.717) is 5.56 Å². The second-order valence-electron chi connectivity index (χ2n) is 5.41. The highest BCUT2D eigenvalue weighted by Gasteiger charge is 2.21. The van der Waals surface area contributed by atoms with Crippen LogP contribution in [-0.2, 0) is 11.3 Å². The maximum absolute atomic E-state index is 12.3. The molecule has 2 aromatic rings. The molecule has 6 heteroatoms. The van der Waals surface area contributed by atoms with Crippen LogP contribution in [0, 0.1) is 0 Å². The normalized spacial score (nSPS) is 13.0. The number of benzene rings is 2. The van der Waals surface area contributed by atoms with Crippen LogP contribution >= 0.6 is 0 Å². The summed E-state index contributed by atoms with van der Waals surface area (Å²) in [6.07, 6.45) is -1.86. The number of imide groups is 1. The van der Waals surface area contributed by atoms with Crippen molar-refractivity contribution >= 4 is 12.0 Å². The number of rotatable bonds is 5. The minimum Gasteiger partial charge on any atom is -0.444 e. The van der Waals surface area contributed by atoms with Crippen LogP contribution in [0.5, 0.6) is 0 Å². The third-order valence-corrected chi connectivity index (χ3v) is 3.45. The second kappa shape index (κ2) is 8.24. The van der Waals surface area contributed by atoms with Crippen LogP contribution < -0.4 is 11.1 Å². The van der Waals surface area contributed by atoms with Crippen molar-refractivity contribution < 1.29 is 19.4 Å². The number of carbonyl (C=O) groups is 2. The van der Waals surface area contributed by atoms with E-state index in [1.807, 2.05) is 30.3 Å². The fraction of sp³-hybridized carbons (Fsp3) is 0.222. The van der Waals surface area contributed by atoms with Crippen LogP contribution in [0.3, 0.4) is 0 Å². The molecule has 0 aliphatic carbocycles. The largest absolute Gasteiger partial charge is 0.444 e. The van der Waals surface area contributed by atoms with Crippen molar-refractivity contribution in [1.82, 2.24) is 5.32 Å². The van der Waals surface area contributed by atoms with Crippen LogP contribution in [0.2, 0.25) is 0 Å². The molecule has 0 saturated carbocycles. The Morgan fingerprint density at radius 2 is 1.75 bits per heavy atom. The van der Waals surface area contributed by atoms with E-state index in [9.17, 15) is 14.7 Å². The lowest BCUT2D eigenvalue weighted by Crippen LogP contribution is -2.33. The molecule has 6 nitrogen and oxygen atoms in total. The number of hydrogen-bond donors (Lipinski definition) is 3. The molecule has 2 amide bonds. The van der Waals surface area contributed by atoms with Gasteiger partial charge in [0, 0.05) is 11.6 Å². The van der Waals surface area contributed by atoms with Gasteiger partial charge in [0.2, 0.25) is 0 Å². The number of amides is 2. The molecule has 0 spiro atoms. The first-order valence-corrected chi connectivity index (χ1v) is 7.53. The zero-order chi connectivity index (χ0) is 17.5. The number of aliphatic hydroxyl groups is 1. The van der Waals surface area contributed by atoms with Crippen LogP contribution in [0.25, 0.3) is 0 Å². The van der Waals surface area contributed by atoms with Gasteiger partial charge in [-0.05, 0) is 24.1 Å². The van der Waals surface area contributed by atoms with E-state index in [-0.39, 0.29) is 12.2 Å². The Bertz CT molecular complexity index is 701. The van der Waals surface area contributed by atoms with Gasteiger partial charge in [-0.15, -0.1) is 0 Å². The average molecular weight is 328 g/mol. The number of nitrogens with one attached hydrogen (secondary N) is 1. The van der Waals surface area contributed by atoms with E-state index in [2.05, 4.69) is 5.32 Å². The van der Waals surface area contributed by atoms with Gasteiger partial charge in [0.1, 0.15) is 6.61 Å². The standard InChI is InChI=1S/C18H20N2O4/c1-12(19)16(21)14-9-5-6-10-15(14)17(22)20-18(23)24-11-13-7-3-2-4-8-13/h2-10,12,16,21H,11,19H2,1H3,(H,20,22,23)/t12-,16?/m0/s1. The number of ether oxygens (including phenoxy) is 1. The lowest BCUT2D eigenvalue weighted by molar-refractivity contribution is 0.0902. The molecule has 1 unspecified atom stereocenters. The minimum absolute atomic E-state index is 0.0596. The van der Waals surface area contributed by atoms with E-state index in [1.54, 1.807) is 25.1 Å². The summed E-state index contributed by atoms with van der Waals surface area (Å²) < 4.78 is 5.01. The summed E-state index contributed by atoms with van der Waals surface area (Å²) in [7, 11) is 0. The molecular formula is C18H20N2O4. The summed E-state index contributed by atoms with van der Waals surface area (Å²) in [6, 6.07) is 15.0. The summed E-state index contributed by atoms with van der Waals surface area (Å²) >= 11 is 0. The molecule has 0 saturated heterocycles. The van der Waals surface area contributed by atoms with Crippen molar-refractivity contribution in [3.8, 4) is 0 Å². The SMILES string of the molecule is C[C@H](N)C(O)c1ccccc1C(=O)NC(=O)OCc1ccccc1. The topological polar surface area (TPSA) is 102 Å². The number of alkyl carbamates (subject to hydrolysis) is 1. The maximum atomic E-state index is 12.3. The number of nitrogens with two attached hydrogens (primary N) is 1. The number of aliphatic hydroxyl groups excluding tert-OH is 1. The molecule has 24 heavy (non-hydrogen) atoms. The molecular weight excluding hydrogens is 308 g/mol. The summed E-state index contributed by atoms with van der Waals surface area (Å²) in [5, 5.41) is 12.2. The molecule has 0 bridgehead atoms. The first-order chi connectivity index (χ1) is 11.5. The lowest BCUT2D eigenvalue weighted by Gasteiger charge is -2.18. The second-order valence-corrected chi connectivity index (χ2v) is 5.41. The Morgan fingerprint density at radius 1 is 1.12 bits per heavy atom. The molecule has 2 rings (SSSR count). The molecule has 0 aliphatic heterocycles. The summed E-state index contributed by atoms with van der Waals surface area (Å²) in [6.45, 7) is 1.69. The highest BCUT2D eigenvalue weighted by atomic mass is 16.5. The fourth-order valence-corrected chi connectivity index (χ4v) is 2.16. The highest BCUT2D eigenvalue weighted by molar-refractivity contribution is 6.03. The van der Waals surface area contributed by atoms with Gasteiger partial charge in [-0.2, -0.15) is 0 Å². The third-order valence-electron chi connectivity index (χ3n) is 3.45. The molecule has 0 aliphatic rings.